The van der Waals surface area contributed by atoms with Gasteiger partial charge in [-0.2, -0.15) is 23.3 Å². The van der Waals surface area contributed by atoms with Crippen LogP contribution in [0.5, 0.6) is 11.6 Å². The molecule has 2 aromatic heterocycles. The number of hydrogen-bond donors (Lipinski definition) is 1. The molecule has 0 bridgehead atoms. The maximum Gasteiger partial charge on any atom is 0.479 e. The molecule has 1 N–H and O–H groups in total. The zero-order chi connectivity index (χ0) is 25.2. The minimum Gasteiger partial charge on any atom is -0.494 e. The number of rotatable bonds is 8. The third kappa shape index (κ3) is 5.62. The van der Waals surface area contributed by atoms with Crippen molar-refractivity contribution in [1.29, 1.82) is 0 Å². The molecule has 13 heteroatoms. The molecule has 4 rings (SSSR count). The van der Waals surface area contributed by atoms with Crippen LogP contribution in [0.3, 0.4) is 0 Å². The molecule has 2 heterocycles. The molecule has 0 fully saturated rings. The first kappa shape index (κ1) is 24.7. The molecule has 2 aromatic carbocycles. The van der Waals surface area contributed by atoms with Crippen LogP contribution in [0.1, 0.15) is 18.2 Å². The zero-order valence-electron chi connectivity index (χ0n) is 18.0. The van der Waals surface area contributed by atoms with E-state index in [2.05, 4.69) is 19.2 Å². The van der Waals surface area contributed by atoms with Crippen molar-refractivity contribution in [3.8, 4) is 23.1 Å². The van der Waals surface area contributed by atoms with Gasteiger partial charge in [0, 0.05) is 29.1 Å². The summed E-state index contributed by atoms with van der Waals surface area (Å²) < 4.78 is 78.1. The fraction of sp³-hybridized carbons (Fsp3) is 0.227. The molecule has 7 nitrogen and oxygen atoms in total. The Morgan fingerprint density at radius 1 is 1.06 bits per heavy atom. The molecular weight excluding hydrogens is 495 g/mol. The number of hydrogen-bond acceptors (Lipinski definition) is 7. The van der Waals surface area contributed by atoms with Gasteiger partial charge in [-0.3, -0.25) is 4.68 Å². The average Bonchev–Trinajstić information content (AvgIpc) is 3.18. The number of ether oxygens (including phenoxy) is 1. The van der Waals surface area contributed by atoms with Crippen molar-refractivity contribution in [1.82, 2.24) is 19.7 Å². The highest BCUT2D eigenvalue weighted by Gasteiger charge is 2.32. The number of para-hydroxylation sites is 1. The number of fused-ring (bicyclic) bond motifs is 1. The van der Waals surface area contributed by atoms with Gasteiger partial charge in [0.15, 0.2) is 17.9 Å². The monoisotopic (exact) mass is 512 g/mol. The second-order valence-corrected chi connectivity index (χ2v) is 7.91. The van der Waals surface area contributed by atoms with Gasteiger partial charge in [-0.05, 0) is 13.0 Å². The van der Waals surface area contributed by atoms with Gasteiger partial charge in [-0.1, -0.05) is 18.2 Å². The van der Waals surface area contributed by atoms with Crippen molar-refractivity contribution in [2.75, 3.05) is 6.61 Å². The molecule has 0 radical (unpaired) electrons. The van der Waals surface area contributed by atoms with Crippen molar-refractivity contribution in [3.05, 3.63) is 65.4 Å². The zero-order valence-corrected chi connectivity index (χ0v) is 18.8. The van der Waals surface area contributed by atoms with E-state index in [9.17, 15) is 27.1 Å². The second-order valence-electron chi connectivity index (χ2n) is 7.11. The minimum atomic E-state index is -4.68. The van der Waals surface area contributed by atoms with Gasteiger partial charge >= 0.3 is 5.51 Å². The Morgan fingerprint density at radius 3 is 2.43 bits per heavy atom. The minimum absolute atomic E-state index is 0.00462. The third-order valence-corrected chi connectivity index (χ3v) is 5.19. The molecule has 0 saturated heterocycles. The smallest absolute Gasteiger partial charge is 0.479 e. The molecular formula is C22H17F5N4O3S. The molecule has 0 atom stereocenters. The number of alkyl halides is 3. The van der Waals surface area contributed by atoms with Crippen LogP contribution >= 0.6 is 12.0 Å². The van der Waals surface area contributed by atoms with Crippen LogP contribution in [0.25, 0.3) is 22.4 Å². The largest absolute Gasteiger partial charge is 0.494 e. The normalized spacial score (nSPS) is 11.7. The Balaban J connectivity index is 1.77. The van der Waals surface area contributed by atoms with Crippen LogP contribution in [0.2, 0.25) is 0 Å². The Kier molecular flexibility index (Phi) is 7.08. The van der Waals surface area contributed by atoms with Crippen LogP contribution in [-0.2, 0) is 13.2 Å². The lowest BCUT2D eigenvalue weighted by Crippen LogP contribution is -2.08. The molecule has 0 saturated carbocycles. The van der Waals surface area contributed by atoms with E-state index in [4.69, 9.17) is 4.74 Å². The number of aliphatic hydroxyl groups excluding tert-OH is 1. The van der Waals surface area contributed by atoms with Gasteiger partial charge in [-0.15, -0.1) is 0 Å². The summed E-state index contributed by atoms with van der Waals surface area (Å²) in [6.07, 6.45) is 0. The van der Waals surface area contributed by atoms with Crippen LogP contribution in [0.15, 0.2) is 42.5 Å². The van der Waals surface area contributed by atoms with Crippen molar-refractivity contribution < 1.29 is 36.0 Å². The van der Waals surface area contributed by atoms with Crippen molar-refractivity contribution >= 4 is 22.9 Å². The molecule has 0 aliphatic rings. The summed E-state index contributed by atoms with van der Waals surface area (Å²) in [5.74, 6) is -2.17. The number of halogens is 5. The van der Waals surface area contributed by atoms with Gasteiger partial charge in [0.2, 0.25) is 5.88 Å². The number of benzene rings is 2. The first-order chi connectivity index (χ1) is 16.7. The van der Waals surface area contributed by atoms with E-state index >= 15 is 0 Å². The molecule has 0 amide bonds. The maximum absolute atomic E-state index is 14.7. The summed E-state index contributed by atoms with van der Waals surface area (Å²) in [5.41, 5.74) is -4.34. The quantitative estimate of drug-likeness (QED) is 0.255. The highest BCUT2D eigenvalue weighted by Crippen LogP contribution is 2.34. The van der Waals surface area contributed by atoms with Gasteiger partial charge in [0.1, 0.15) is 23.1 Å². The molecule has 0 aliphatic carbocycles. The summed E-state index contributed by atoms with van der Waals surface area (Å²) in [5, 5.41) is 14.4. The first-order valence-corrected chi connectivity index (χ1v) is 10.9. The van der Waals surface area contributed by atoms with Crippen LogP contribution in [-0.4, -0.2) is 37.0 Å². The standard InChI is InChI=1S/C22H17F5N4O3S/c1-2-33-13-8-16(23)15(17(24)9-13)10-31-18-6-4-3-5-14(18)20(30-31)21-28-12(11-32)7-19(29-21)34-35-22(25,26)27/h3-9,32H,2,10-11H2,1H3. The van der Waals surface area contributed by atoms with E-state index in [1.54, 1.807) is 31.2 Å². The number of aromatic nitrogens is 4. The average molecular weight is 512 g/mol. The van der Waals surface area contributed by atoms with E-state index in [0.717, 1.165) is 18.2 Å². The lowest BCUT2D eigenvalue weighted by molar-refractivity contribution is -0.0370. The molecule has 0 aliphatic heterocycles. The van der Waals surface area contributed by atoms with E-state index in [1.807, 2.05) is 0 Å². The summed E-state index contributed by atoms with van der Waals surface area (Å²) in [4.78, 5) is 8.12. The molecule has 4 aromatic rings. The van der Waals surface area contributed by atoms with Crippen LogP contribution < -0.4 is 8.92 Å². The van der Waals surface area contributed by atoms with Crippen molar-refractivity contribution in [3.63, 3.8) is 0 Å². The fourth-order valence-electron chi connectivity index (χ4n) is 3.34. The summed E-state index contributed by atoms with van der Waals surface area (Å²) in [7, 11) is 0. The van der Waals surface area contributed by atoms with Crippen molar-refractivity contribution in [2.45, 2.75) is 25.6 Å². The maximum atomic E-state index is 14.7. The Hall–Kier alpha value is -3.45. The van der Waals surface area contributed by atoms with Gasteiger partial charge in [0.05, 0.1) is 31.0 Å². The van der Waals surface area contributed by atoms with Crippen molar-refractivity contribution in [2.24, 2.45) is 0 Å². The Morgan fingerprint density at radius 2 is 1.77 bits per heavy atom. The molecule has 0 unspecified atom stereocenters. The third-order valence-electron chi connectivity index (χ3n) is 4.74. The topological polar surface area (TPSA) is 82.3 Å². The Labute approximate surface area is 199 Å². The van der Waals surface area contributed by atoms with Gasteiger partial charge in [0.25, 0.3) is 0 Å². The number of nitrogens with zero attached hydrogens (tertiary/aromatic N) is 4. The lowest BCUT2D eigenvalue weighted by atomic mass is 10.1. The van der Waals surface area contributed by atoms with Crippen LogP contribution in [0.4, 0.5) is 22.0 Å². The molecule has 184 valence electrons. The first-order valence-electron chi connectivity index (χ1n) is 10.2. The van der Waals surface area contributed by atoms with E-state index in [0.29, 0.717) is 10.9 Å². The van der Waals surface area contributed by atoms with Gasteiger partial charge in [-0.25, -0.2) is 13.8 Å². The van der Waals surface area contributed by atoms with E-state index < -0.39 is 41.7 Å². The summed E-state index contributed by atoms with van der Waals surface area (Å²) in [6, 6.07) is 9.89. The number of aliphatic hydroxyl groups is 1. The van der Waals surface area contributed by atoms with E-state index in [-0.39, 0.29) is 41.7 Å². The summed E-state index contributed by atoms with van der Waals surface area (Å²) in [6.45, 7) is 1.04. The molecule has 0 spiro atoms. The summed E-state index contributed by atoms with van der Waals surface area (Å²) >= 11 is -0.763. The fourth-order valence-corrected chi connectivity index (χ4v) is 3.60. The predicted molar refractivity (Wildman–Crippen MR) is 118 cm³/mol. The highest BCUT2D eigenvalue weighted by atomic mass is 32.2. The SMILES string of the molecule is CCOc1cc(F)c(Cn2nc(-c3nc(CO)cc(OSC(F)(F)F)n3)c3ccccc32)c(F)c1. The van der Waals surface area contributed by atoms with Gasteiger partial charge < -0.3 is 14.0 Å². The Bertz CT molecular complexity index is 1340. The van der Waals surface area contributed by atoms with Crippen LogP contribution in [0, 0.1) is 11.6 Å². The highest BCUT2D eigenvalue weighted by molar-refractivity contribution is 7.95. The van der Waals surface area contributed by atoms with E-state index in [1.165, 1.54) is 4.68 Å². The molecule has 35 heavy (non-hydrogen) atoms. The predicted octanol–water partition coefficient (Wildman–Crippen LogP) is 5.26. The second kappa shape index (κ2) is 10.0. The lowest BCUT2D eigenvalue weighted by Gasteiger charge is -2.10.